The highest BCUT2D eigenvalue weighted by Crippen LogP contribution is 2.21. The first-order valence-corrected chi connectivity index (χ1v) is 10.6. The quantitative estimate of drug-likeness (QED) is 0.614. The molecule has 2 saturated heterocycles. The van der Waals surface area contributed by atoms with Crippen molar-refractivity contribution in [2.24, 2.45) is 20.0 Å². The summed E-state index contributed by atoms with van der Waals surface area (Å²) >= 11 is 0. The Kier molecular flexibility index (Phi) is 7.13. The van der Waals surface area contributed by atoms with Crippen molar-refractivity contribution in [2.75, 3.05) is 64.3 Å². The minimum absolute atomic E-state index is 0.00143. The molecule has 0 saturated carbocycles. The molecule has 2 aliphatic rings. The van der Waals surface area contributed by atoms with Crippen LogP contribution in [0.4, 0.5) is 5.82 Å². The second-order valence-corrected chi connectivity index (χ2v) is 8.29. The van der Waals surface area contributed by atoms with Gasteiger partial charge in [0.25, 0.3) is 5.56 Å². The van der Waals surface area contributed by atoms with Crippen LogP contribution in [0.1, 0.15) is 19.3 Å². The van der Waals surface area contributed by atoms with E-state index in [-0.39, 0.29) is 23.1 Å². The summed E-state index contributed by atoms with van der Waals surface area (Å²) in [6.45, 7) is 7.52. The molecule has 9 nitrogen and oxygen atoms in total. The molecular formula is C20H34N6O3. The number of nitrogens with one attached hydrogen (secondary N) is 1. The van der Waals surface area contributed by atoms with Gasteiger partial charge in [-0.1, -0.05) is 0 Å². The third kappa shape index (κ3) is 5.27. The Labute approximate surface area is 171 Å². The molecule has 0 spiro atoms. The zero-order valence-corrected chi connectivity index (χ0v) is 17.9. The molecule has 0 aromatic carbocycles. The van der Waals surface area contributed by atoms with Gasteiger partial charge in [-0.15, -0.1) is 0 Å². The van der Waals surface area contributed by atoms with Gasteiger partial charge < -0.3 is 20.0 Å². The number of carbonyl (C=O) groups is 1. The molecule has 0 radical (unpaired) electrons. The molecule has 1 amide bonds. The Balaban J connectivity index is 1.42. The van der Waals surface area contributed by atoms with E-state index in [0.29, 0.717) is 25.5 Å². The molecule has 2 aliphatic heterocycles. The third-order valence-corrected chi connectivity index (χ3v) is 6.24. The summed E-state index contributed by atoms with van der Waals surface area (Å²) in [4.78, 5) is 43.4. The number of piperazine rings is 1. The lowest BCUT2D eigenvalue weighted by Gasteiger charge is -2.34. The maximum absolute atomic E-state index is 12.5. The number of hydrogen-bond acceptors (Lipinski definition) is 6. The van der Waals surface area contributed by atoms with Crippen LogP contribution < -0.4 is 21.5 Å². The van der Waals surface area contributed by atoms with Gasteiger partial charge in [-0.25, -0.2) is 4.79 Å². The second kappa shape index (κ2) is 9.58. The molecule has 3 rings (SSSR count). The summed E-state index contributed by atoms with van der Waals surface area (Å²) < 4.78 is 2.60. The van der Waals surface area contributed by atoms with E-state index in [1.165, 1.54) is 17.7 Å². The number of hydrogen-bond donors (Lipinski definition) is 1. The predicted molar refractivity (Wildman–Crippen MR) is 113 cm³/mol. The van der Waals surface area contributed by atoms with Gasteiger partial charge in [-0.2, -0.15) is 0 Å². The molecule has 2 fully saturated rings. The molecule has 0 unspecified atom stereocenters. The van der Waals surface area contributed by atoms with E-state index in [9.17, 15) is 14.4 Å². The van der Waals surface area contributed by atoms with Crippen molar-refractivity contribution < 1.29 is 4.79 Å². The number of carbonyl (C=O) groups excluding carboxylic acids is 1. The monoisotopic (exact) mass is 406 g/mol. The maximum Gasteiger partial charge on any atom is 0.332 e. The van der Waals surface area contributed by atoms with Crippen LogP contribution in [0.3, 0.4) is 0 Å². The smallest absolute Gasteiger partial charge is 0.332 e. The van der Waals surface area contributed by atoms with Crippen LogP contribution in [0.25, 0.3) is 0 Å². The van der Waals surface area contributed by atoms with Crippen molar-refractivity contribution >= 4 is 11.7 Å². The summed E-state index contributed by atoms with van der Waals surface area (Å²) in [6.07, 6.45) is 2.44. The van der Waals surface area contributed by atoms with E-state index >= 15 is 0 Å². The number of rotatable bonds is 6. The summed E-state index contributed by atoms with van der Waals surface area (Å²) in [6, 6.07) is 1.50. The van der Waals surface area contributed by atoms with Crippen molar-refractivity contribution in [2.45, 2.75) is 19.3 Å². The number of nitrogens with zero attached hydrogens (tertiary/aromatic N) is 5. The molecule has 1 aromatic heterocycles. The molecule has 0 aliphatic carbocycles. The Morgan fingerprint density at radius 3 is 2.31 bits per heavy atom. The molecule has 162 valence electrons. The van der Waals surface area contributed by atoms with Gasteiger partial charge in [-0.3, -0.25) is 18.7 Å². The van der Waals surface area contributed by atoms with Gasteiger partial charge in [0.1, 0.15) is 5.82 Å². The number of aromatic nitrogens is 2. The Bertz CT molecular complexity index is 816. The molecular weight excluding hydrogens is 372 g/mol. The molecule has 29 heavy (non-hydrogen) atoms. The van der Waals surface area contributed by atoms with Crippen LogP contribution in [-0.4, -0.2) is 84.2 Å². The fraction of sp³-hybridized carbons (Fsp3) is 0.750. The van der Waals surface area contributed by atoms with Crippen LogP contribution in [0.2, 0.25) is 0 Å². The van der Waals surface area contributed by atoms with Gasteiger partial charge in [-0.05, 0) is 32.9 Å². The van der Waals surface area contributed by atoms with Crippen molar-refractivity contribution in [1.29, 1.82) is 0 Å². The van der Waals surface area contributed by atoms with Crippen LogP contribution in [0.15, 0.2) is 15.7 Å². The first-order chi connectivity index (χ1) is 13.9. The lowest BCUT2D eigenvalue weighted by atomic mass is 9.96. The standard InChI is InChI=1S/C20H34N6O3/c1-22-11-13-25(14-12-22)8-4-7-21-19(28)16-5-9-26(10-6-16)17-15-18(27)24(3)20(29)23(17)2/h15-16H,4-14H2,1-3H3,(H,21,28). The first kappa shape index (κ1) is 21.6. The van der Waals surface area contributed by atoms with Gasteiger partial charge >= 0.3 is 5.69 Å². The fourth-order valence-electron chi connectivity index (χ4n) is 4.13. The number of anilines is 1. The average molecular weight is 407 g/mol. The summed E-state index contributed by atoms with van der Waals surface area (Å²) in [5.74, 6) is 0.753. The molecule has 0 bridgehead atoms. The summed E-state index contributed by atoms with van der Waals surface area (Å²) in [5.41, 5.74) is -0.629. The SMILES string of the molecule is CN1CCN(CCCNC(=O)C2CCN(c3cc(=O)n(C)c(=O)n3C)CC2)CC1. The fourth-order valence-corrected chi connectivity index (χ4v) is 4.13. The molecule has 9 heteroatoms. The molecule has 1 aromatic rings. The predicted octanol–water partition coefficient (Wildman–Crippen LogP) is -0.946. The number of likely N-dealkylation sites (N-methyl/N-ethyl adjacent to an activating group) is 1. The van der Waals surface area contributed by atoms with Gasteiger partial charge in [0.15, 0.2) is 0 Å². The highest BCUT2D eigenvalue weighted by atomic mass is 16.2. The second-order valence-electron chi connectivity index (χ2n) is 8.29. The minimum Gasteiger partial charge on any atom is -0.358 e. The Hall–Kier alpha value is -2.13. The summed E-state index contributed by atoms with van der Waals surface area (Å²) in [7, 11) is 5.31. The zero-order valence-electron chi connectivity index (χ0n) is 17.9. The first-order valence-electron chi connectivity index (χ1n) is 10.6. The average Bonchev–Trinajstić information content (AvgIpc) is 2.73. The molecule has 0 atom stereocenters. The largest absolute Gasteiger partial charge is 0.358 e. The van der Waals surface area contributed by atoms with Crippen LogP contribution in [0, 0.1) is 5.92 Å². The number of amides is 1. The van der Waals surface area contributed by atoms with E-state index in [4.69, 9.17) is 0 Å². The van der Waals surface area contributed by atoms with Crippen molar-refractivity contribution in [3.63, 3.8) is 0 Å². The Morgan fingerprint density at radius 2 is 1.66 bits per heavy atom. The van der Waals surface area contributed by atoms with Crippen molar-refractivity contribution in [3.8, 4) is 0 Å². The highest BCUT2D eigenvalue weighted by Gasteiger charge is 2.26. The van der Waals surface area contributed by atoms with E-state index in [2.05, 4.69) is 22.2 Å². The van der Waals surface area contributed by atoms with Gasteiger partial charge in [0, 0.05) is 71.9 Å². The van der Waals surface area contributed by atoms with Crippen LogP contribution in [-0.2, 0) is 18.9 Å². The zero-order chi connectivity index (χ0) is 21.0. The van der Waals surface area contributed by atoms with Gasteiger partial charge in [0.2, 0.25) is 5.91 Å². The third-order valence-electron chi connectivity index (χ3n) is 6.24. The summed E-state index contributed by atoms with van der Waals surface area (Å²) in [5, 5.41) is 3.09. The van der Waals surface area contributed by atoms with Crippen molar-refractivity contribution in [1.82, 2.24) is 24.3 Å². The Morgan fingerprint density at radius 1 is 1.00 bits per heavy atom. The maximum atomic E-state index is 12.5. The van der Waals surface area contributed by atoms with Crippen molar-refractivity contribution in [3.05, 3.63) is 26.9 Å². The highest BCUT2D eigenvalue weighted by molar-refractivity contribution is 5.78. The van der Waals surface area contributed by atoms with E-state index in [1.54, 1.807) is 7.05 Å². The van der Waals surface area contributed by atoms with E-state index in [1.807, 2.05) is 4.90 Å². The molecule has 3 heterocycles. The van der Waals surface area contributed by atoms with E-state index in [0.717, 1.165) is 56.6 Å². The van der Waals surface area contributed by atoms with Crippen LogP contribution >= 0.6 is 0 Å². The van der Waals surface area contributed by atoms with Crippen LogP contribution in [0.5, 0.6) is 0 Å². The lowest BCUT2D eigenvalue weighted by Crippen LogP contribution is -2.46. The number of piperidine rings is 1. The lowest BCUT2D eigenvalue weighted by molar-refractivity contribution is -0.125. The topological polar surface area (TPSA) is 82.8 Å². The minimum atomic E-state index is -0.326. The van der Waals surface area contributed by atoms with E-state index < -0.39 is 0 Å². The molecule has 1 N–H and O–H groups in total. The normalized spacial score (nSPS) is 19.5. The van der Waals surface area contributed by atoms with Gasteiger partial charge in [0.05, 0.1) is 0 Å².